The van der Waals surface area contributed by atoms with Gasteiger partial charge in [-0.05, 0) is 42.5 Å². The average molecular weight is 707 g/mol. The fourth-order valence-corrected chi connectivity index (χ4v) is 5.61. The molecule has 0 fully saturated rings. The van der Waals surface area contributed by atoms with Gasteiger partial charge in [0.2, 0.25) is 11.6 Å². The van der Waals surface area contributed by atoms with E-state index in [1.54, 1.807) is 84.9 Å². The maximum Gasteiger partial charge on any atom is 0.339 e. The summed E-state index contributed by atoms with van der Waals surface area (Å²) in [5.41, 5.74) is 0.991. The number of carbonyl (C=O) groups excluding carboxylic acids is 6. The summed E-state index contributed by atoms with van der Waals surface area (Å²) < 4.78 is 11.3. The normalized spacial score (nSPS) is 13.3. The van der Waals surface area contributed by atoms with Crippen molar-refractivity contribution < 1.29 is 38.2 Å². The molecule has 5 aromatic rings. The lowest BCUT2D eigenvalue weighted by atomic mass is 9.99. The van der Waals surface area contributed by atoms with E-state index < -0.39 is 54.1 Å². The van der Waals surface area contributed by atoms with Gasteiger partial charge < -0.3 is 9.47 Å². The molecule has 0 unspecified atom stereocenters. The van der Waals surface area contributed by atoms with Crippen LogP contribution in [0.5, 0.6) is 0 Å². The van der Waals surface area contributed by atoms with Crippen LogP contribution in [0.1, 0.15) is 75.1 Å². The number of hydrogen-bond acceptors (Lipinski definition) is 8. The van der Waals surface area contributed by atoms with Crippen LogP contribution in [0.15, 0.2) is 127 Å². The van der Waals surface area contributed by atoms with Gasteiger partial charge in [0.15, 0.2) is 12.2 Å². The molecule has 50 heavy (non-hydrogen) atoms. The summed E-state index contributed by atoms with van der Waals surface area (Å²) in [6, 6.07) is 32.6. The lowest BCUT2D eigenvalue weighted by Gasteiger charge is -2.19. The fraction of sp³-hybridized carbons (Fsp3) is 0.0769. The molecule has 0 saturated heterocycles. The first-order valence-electron chi connectivity index (χ1n) is 15.2. The van der Waals surface area contributed by atoms with Gasteiger partial charge >= 0.3 is 11.9 Å². The molecule has 6 rings (SSSR count). The summed E-state index contributed by atoms with van der Waals surface area (Å²) in [4.78, 5) is 80.8. The topological polar surface area (TPSA) is 124 Å². The van der Waals surface area contributed by atoms with Gasteiger partial charge in [0.25, 0.3) is 11.8 Å². The average Bonchev–Trinajstić information content (AvgIpc) is 3.37. The minimum atomic E-state index is -1.38. The van der Waals surface area contributed by atoms with E-state index in [9.17, 15) is 28.8 Å². The van der Waals surface area contributed by atoms with Crippen LogP contribution in [0, 0.1) is 0 Å². The molecule has 1 heterocycles. The molecule has 0 bridgehead atoms. The molecular weight excluding hydrogens is 681 g/mol. The van der Waals surface area contributed by atoms with Crippen molar-refractivity contribution in [3.8, 4) is 0 Å². The lowest BCUT2D eigenvalue weighted by Crippen LogP contribution is -2.36. The van der Waals surface area contributed by atoms with Crippen LogP contribution >= 0.6 is 23.2 Å². The number of carbonyl (C=O) groups is 6. The Balaban J connectivity index is 1.20. The molecule has 0 saturated carbocycles. The maximum atomic E-state index is 13.4. The predicted molar refractivity (Wildman–Crippen MR) is 183 cm³/mol. The van der Waals surface area contributed by atoms with Gasteiger partial charge in [-0.1, -0.05) is 108 Å². The quantitative estimate of drug-likeness (QED) is 0.0785. The van der Waals surface area contributed by atoms with E-state index >= 15 is 0 Å². The van der Waals surface area contributed by atoms with E-state index in [0.717, 1.165) is 0 Å². The standard InChI is InChI=1S/C39H25Cl2NO8/c40-28-16-11-25(12-17-28)35(33(44)23-7-3-1-4-8-23)49-32(43)22-42-37(46)30-20-15-27(21-31(30)38(42)47)39(48)50-36(26-13-18-29(41)19-14-26)34(45)24-9-5-2-6-10-24/h1-21,35-36H,22H2/t35-,36+/m1/s1. The Bertz CT molecular complexity index is 2120. The summed E-state index contributed by atoms with van der Waals surface area (Å²) in [7, 11) is 0. The number of imide groups is 1. The highest BCUT2D eigenvalue weighted by atomic mass is 35.5. The first-order chi connectivity index (χ1) is 24.1. The summed E-state index contributed by atoms with van der Waals surface area (Å²) >= 11 is 12.0. The van der Waals surface area contributed by atoms with Crippen molar-refractivity contribution in [2.45, 2.75) is 12.2 Å². The second kappa shape index (κ2) is 14.7. The van der Waals surface area contributed by atoms with Crippen LogP contribution in [0.3, 0.4) is 0 Å². The van der Waals surface area contributed by atoms with Crippen molar-refractivity contribution in [1.29, 1.82) is 0 Å². The third kappa shape index (κ3) is 7.24. The van der Waals surface area contributed by atoms with Crippen LogP contribution in [0.4, 0.5) is 0 Å². The van der Waals surface area contributed by atoms with Crippen molar-refractivity contribution in [3.63, 3.8) is 0 Å². The molecule has 0 aliphatic carbocycles. The Kier molecular flexibility index (Phi) is 9.99. The Labute approximate surface area is 296 Å². The van der Waals surface area contributed by atoms with Gasteiger partial charge in [-0.25, -0.2) is 4.79 Å². The molecule has 0 N–H and O–H groups in total. The van der Waals surface area contributed by atoms with Gasteiger partial charge in [-0.3, -0.25) is 28.9 Å². The highest BCUT2D eigenvalue weighted by Crippen LogP contribution is 2.29. The van der Waals surface area contributed by atoms with Crippen LogP contribution in [-0.4, -0.2) is 46.8 Å². The zero-order chi connectivity index (χ0) is 35.4. The Morgan fingerprint density at radius 2 is 1.00 bits per heavy atom. The van der Waals surface area contributed by atoms with E-state index in [0.29, 0.717) is 31.6 Å². The number of rotatable bonds is 11. The third-order valence-corrected chi connectivity index (χ3v) is 8.41. The molecule has 5 aromatic carbocycles. The second-order valence-electron chi connectivity index (χ2n) is 11.2. The van der Waals surface area contributed by atoms with E-state index in [-0.39, 0.29) is 22.3 Å². The molecule has 0 spiro atoms. The summed E-state index contributed by atoms with van der Waals surface area (Å²) in [5.74, 6) is -4.61. The van der Waals surface area contributed by atoms with E-state index in [1.807, 2.05) is 0 Å². The Hall–Kier alpha value is -5.90. The molecule has 248 valence electrons. The number of Topliss-reactive ketones (excluding diaryl/α,β-unsaturated/α-hetero) is 2. The van der Waals surface area contributed by atoms with Gasteiger partial charge in [0.1, 0.15) is 6.54 Å². The molecule has 11 heteroatoms. The number of ketones is 2. The number of benzene rings is 5. The number of esters is 2. The zero-order valence-electron chi connectivity index (χ0n) is 26.0. The minimum Gasteiger partial charge on any atom is -0.448 e. The monoisotopic (exact) mass is 705 g/mol. The smallest absolute Gasteiger partial charge is 0.339 e. The first kappa shape index (κ1) is 34.0. The summed E-state index contributed by atoms with van der Waals surface area (Å²) in [6.07, 6.45) is -2.72. The Morgan fingerprint density at radius 3 is 1.50 bits per heavy atom. The molecular formula is C39H25Cl2NO8. The SMILES string of the molecule is O=C(CN1C(=O)c2ccc(C(=O)O[C@H](C(=O)c3ccccc3)c3ccc(Cl)cc3)cc2C1=O)O[C@@H](C(=O)c1ccccc1)c1ccc(Cl)cc1. The second-order valence-corrected chi connectivity index (χ2v) is 12.0. The first-order valence-corrected chi connectivity index (χ1v) is 16.0. The zero-order valence-corrected chi connectivity index (χ0v) is 27.5. The van der Waals surface area contributed by atoms with Gasteiger partial charge in [-0.15, -0.1) is 0 Å². The number of fused-ring (bicyclic) bond motifs is 1. The van der Waals surface area contributed by atoms with Gasteiger partial charge in [0, 0.05) is 32.3 Å². The number of hydrogen-bond donors (Lipinski definition) is 0. The molecule has 1 aliphatic heterocycles. The highest BCUT2D eigenvalue weighted by molar-refractivity contribution is 6.31. The largest absolute Gasteiger partial charge is 0.448 e. The van der Waals surface area contributed by atoms with Crippen molar-refractivity contribution in [1.82, 2.24) is 4.90 Å². The van der Waals surface area contributed by atoms with Crippen molar-refractivity contribution >= 4 is 58.5 Å². The van der Waals surface area contributed by atoms with E-state index in [1.165, 1.54) is 42.5 Å². The number of amides is 2. The van der Waals surface area contributed by atoms with Gasteiger partial charge in [-0.2, -0.15) is 0 Å². The molecule has 2 amide bonds. The van der Waals surface area contributed by atoms with Crippen molar-refractivity contribution in [2.24, 2.45) is 0 Å². The molecule has 9 nitrogen and oxygen atoms in total. The van der Waals surface area contributed by atoms with E-state index in [4.69, 9.17) is 32.7 Å². The maximum absolute atomic E-state index is 13.4. The number of nitrogens with zero attached hydrogens (tertiary/aromatic N) is 1. The summed E-state index contributed by atoms with van der Waals surface area (Å²) in [6.45, 7) is -0.803. The van der Waals surface area contributed by atoms with Crippen molar-refractivity contribution in [2.75, 3.05) is 6.54 Å². The fourth-order valence-electron chi connectivity index (χ4n) is 5.36. The summed E-state index contributed by atoms with van der Waals surface area (Å²) in [5, 5.41) is 0.827. The molecule has 2 atom stereocenters. The molecule has 0 radical (unpaired) electrons. The van der Waals surface area contributed by atoms with Gasteiger partial charge in [0.05, 0.1) is 16.7 Å². The van der Waals surface area contributed by atoms with Crippen LogP contribution in [0.2, 0.25) is 10.0 Å². The van der Waals surface area contributed by atoms with Crippen LogP contribution in [0.25, 0.3) is 0 Å². The molecule has 1 aliphatic rings. The van der Waals surface area contributed by atoms with Crippen LogP contribution in [-0.2, 0) is 14.3 Å². The lowest BCUT2D eigenvalue weighted by molar-refractivity contribution is -0.147. The number of halogens is 2. The van der Waals surface area contributed by atoms with E-state index in [2.05, 4.69) is 0 Å². The number of ether oxygens (including phenoxy) is 2. The van der Waals surface area contributed by atoms with Crippen LogP contribution < -0.4 is 0 Å². The highest BCUT2D eigenvalue weighted by Gasteiger charge is 2.39. The molecule has 0 aromatic heterocycles. The Morgan fingerprint density at radius 1 is 0.540 bits per heavy atom. The predicted octanol–water partition coefficient (Wildman–Crippen LogP) is 7.54. The third-order valence-electron chi connectivity index (χ3n) is 7.91. The minimum absolute atomic E-state index is 0.0522. The van der Waals surface area contributed by atoms with Crippen molar-refractivity contribution in [3.05, 3.63) is 176 Å².